The van der Waals surface area contributed by atoms with E-state index in [4.69, 9.17) is 0 Å². The molecule has 0 heterocycles. The van der Waals surface area contributed by atoms with Gasteiger partial charge >= 0.3 is 35.5 Å². The van der Waals surface area contributed by atoms with Crippen LogP contribution in [-0.4, -0.2) is 20.7 Å². The van der Waals surface area contributed by atoms with E-state index in [2.05, 4.69) is 11.3 Å². The molecule has 52 valence electrons. The van der Waals surface area contributed by atoms with Gasteiger partial charge in [0.2, 0.25) is 0 Å². The fourth-order valence-corrected chi connectivity index (χ4v) is 0.377. The summed E-state index contributed by atoms with van der Waals surface area (Å²) in [5.74, 6) is -1.34. The third-order valence-electron chi connectivity index (χ3n) is 0.464. The van der Waals surface area contributed by atoms with E-state index in [0.29, 0.717) is 0 Å². The third-order valence-corrected chi connectivity index (χ3v) is 0.774. The fraction of sp³-hybridized carbons (Fsp3) is 0.250. The monoisotopic (exact) mass is 172 g/mol. The minimum atomic E-state index is -2.33. The molecule has 0 aliphatic carbocycles. The van der Waals surface area contributed by atoms with Gasteiger partial charge in [0.05, 0.1) is 0 Å². The largest absolute Gasteiger partial charge is 1.00 e. The second kappa shape index (κ2) is 7.43. The molecule has 0 aromatic rings. The Morgan fingerprint density at radius 2 is 2.30 bits per heavy atom. The minimum absolute atomic E-state index is 0. The first-order valence-electron chi connectivity index (χ1n) is 2.02. The molecule has 0 aliphatic rings. The SMILES string of the molecule is C=CC(=O)OCS(=O)[O-].[Na+]. The maximum Gasteiger partial charge on any atom is 1.00 e. The molecule has 0 bridgehead atoms. The van der Waals surface area contributed by atoms with E-state index in [1.807, 2.05) is 0 Å². The Balaban J connectivity index is 0. The van der Waals surface area contributed by atoms with Crippen LogP contribution >= 0.6 is 0 Å². The zero-order valence-corrected chi connectivity index (χ0v) is 8.35. The van der Waals surface area contributed by atoms with Gasteiger partial charge in [-0.3, -0.25) is 4.21 Å². The zero-order chi connectivity index (χ0) is 7.28. The van der Waals surface area contributed by atoms with Crippen LogP contribution in [0.15, 0.2) is 12.7 Å². The Labute approximate surface area is 83.2 Å². The molecule has 1 unspecified atom stereocenters. The van der Waals surface area contributed by atoms with Gasteiger partial charge in [0.1, 0.15) is 0 Å². The van der Waals surface area contributed by atoms with Crippen molar-refractivity contribution in [2.75, 3.05) is 5.94 Å². The summed E-state index contributed by atoms with van der Waals surface area (Å²) in [6, 6.07) is 0. The summed E-state index contributed by atoms with van der Waals surface area (Å²) < 4.78 is 23.5. The summed E-state index contributed by atoms with van der Waals surface area (Å²) in [5.41, 5.74) is 0. The predicted molar refractivity (Wildman–Crippen MR) is 30.1 cm³/mol. The van der Waals surface area contributed by atoms with Crippen molar-refractivity contribution in [2.45, 2.75) is 0 Å². The van der Waals surface area contributed by atoms with E-state index < -0.39 is 23.0 Å². The van der Waals surface area contributed by atoms with Crippen molar-refractivity contribution in [1.82, 2.24) is 0 Å². The van der Waals surface area contributed by atoms with Crippen molar-refractivity contribution in [2.24, 2.45) is 0 Å². The average Bonchev–Trinajstić information content (AvgIpc) is 1.83. The molecular formula is C4H5NaO4S. The van der Waals surface area contributed by atoms with Gasteiger partial charge in [0.15, 0.2) is 5.94 Å². The summed E-state index contributed by atoms with van der Waals surface area (Å²) in [6.45, 7) is 3.06. The van der Waals surface area contributed by atoms with Crippen molar-refractivity contribution in [3.8, 4) is 0 Å². The predicted octanol–water partition coefficient (Wildman–Crippen LogP) is -3.44. The Hall–Kier alpha value is 0.320. The van der Waals surface area contributed by atoms with E-state index >= 15 is 0 Å². The van der Waals surface area contributed by atoms with Crippen LogP contribution in [0.4, 0.5) is 0 Å². The van der Waals surface area contributed by atoms with Crippen molar-refractivity contribution in [1.29, 1.82) is 0 Å². The molecule has 6 heteroatoms. The number of esters is 1. The molecule has 0 aromatic carbocycles. The molecule has 0 radical (unpaired) electrons. The van der Waals surface area contributed by atoms with Crippen molar-refractivity contribution in [3.63, 3.8) is 0 Å². The Bertz CT molecular complexity index is 146. The Kier molecular flexibility index (Phi) is 9.62. The van der Waals surface area contributed by atoms with Gasteiger partial charge in [-0.25, -0.2) is 4.79 Å². The van der Waals surface area contributed by atoms with Crippen molar-refractivity contribution >= 4 is 17.0 Å². The number of hydrogen-bond acceptors (Lipinski definition) is 4. The van der Waals surface area contributed by atoms with Crippen LogP contribution in [-0.2, 0) is 20.6 Å². The molecule has 1 atom stereocenters. The molecule has 0 rings (SSSR count). The molecule has 0 spiro atoms. The number of carbonyl (C=O) groups is 1. The molecule has 0 fully saturated rings. The molecule has 0 amide bonds. The van der Waals surface area contributed by atoms with E-state index in [-0.39, 0.29) is 29.6 Å². The molecule has 4 nitrogen and oxygen atoms in total. The standard InChI is InChI=1S/C4H6O4S.Na/c1-2-4(5)8-3-9(6)7;/h2H,1,3H2,(H,6,7);/q;+1/p-1. The Morgan fingerprint density at radius 3 is 2.60 bits per heavy atom. The van der Waals surface area contributed by atoms with Gasteiger partial charge in [-0.05, 0) is 11.1 Å². The zero-order valence-electron chi connectivity index (χ0n) is 5.53. The summed E-state index contributed by atoms with van der Waals surface area (Å²) in [5, 5.41) is 0. The van der Waals surface area contributed by atoms with E-state index in [9.17, 15) is 13.6 Å². The van der Waals surface area contributed by atoms with Crippen molar-refractivity contribution < 1.29 is 47.9 Å². The topological polar surface area (TPSA) is 66.4 Å². The van der Waals surface area contributed by atoms with Gasteiger partial charge < -0.3 is 9.29 Å². The maximum absolute atomic E-state index is 10.1. The second-order valence-electron chi connectivity index (χ2n) is 1.09. The van der Waals surface area contributed by atoms with E-state index in [1.165, 1.54) is 0 Å². The summed E-state index contributed by atoms with van der Waals surface area (Å²) in [4.78, 5) is 10.1. The fourth-order valence-electron chi connectivity index (χ4n) is 0.165. The summed E-state index contributed by atoms with van der Waals surface area (Å²) >= 11 is -2.33. The molecule has 10 heavy (non-hydrogen) atoms. The van der Waals surface area contributed by atoms with Gasteiger partial charge in [-0.15, -0.1) is 0 Å². The third kappa shape index (κ3) is 8.32. The van der Waals surface area contributed by atoms with Gasteiger partial charge in [-0.2, -0.15) is 0 Å². The summed E-state index contributed by atoms with van der Waals surface area (Å²) in [7, 11) is 0. The molecule has 0 aromatic heterocycles. The van der Waals surface area contributed by atoms with Crippen molar-refractivity contribution in [3.05, 3.63) is 12.7 Å². The molecular weight excluding hydrogens is 167 g/mol. The smallest absolute Gasteiger partial charge is 0.770 e. The van der Waals surface area contributed by atoms with Gasteiger partial charge in [-0.1, -0.05) is 6.58 Å². The van der Waals surface area contributed by atoms with Gasteiger partial charge in [0.25, 0.3) is 0 Å². The van der Waals surface area contributed by atoms with Crippen LogP contribution in [0.5, 0.6) is 0 Å². The van der Waals surface area contributed by atoms with Crippen LogP contribution in [0.2, 0.25) is 0 Å². The first-order chi connectivity index (χ1) is 4.16. The number of hydrogen-bond donors (Lipinski definition) is 0. The quantitative estimate of drug-likeness (QED) is 0.192. The number of ether oxygens (including phenoxy) is 1. The van der Waals surface area contributed by atoms with Crippen LogP contribution in [0.25, 0.3) is 0 Å². The van der Waals surface area contributed by atoms with E-state index in [0.717, 1.165) is 6.08 Å². The number of carbonyl (C=O) groups excluding carboxylic acids is 1. The van der Waals surface area contributed by atoms with Gasteiger partial charge in [0, 0.05) is 6.08 Å². The maximum atomic E-state index is 10.1. The molecule has 0 aliphatic heterocycles. The first-order valence-corrected chi connectivity index (χ1v) is 3.26. The minimum Gasteiger partial charge on any atom is -0.770 e. The average molecular weight is 172 g/mol. The normalized spacial score (nSPS) is 10.9. The number of rotatable bonds is 3. The van der Waals surface area contributed by atoms with Crippen LogP contribution in [0.3, 0.4) is 0 Å². The van der Waals surface area contributed by atoms with E-state index in [1.54, 1.807) is 0 Å². The second-order valence-corrected chi connectivity index (χ2v) is 1.93. The summed E-state index contributed by atoms with van der Waals surface area (Å²) in [6.07, 6.45) is 0.896. The van der Waals surface area contributed by atoms with Crippen LogP contribution in [0.1, 0.15) is 0 Å². The molecule has 0 saturated heterocycles. The Morgan fingerprint density at radius 1 is 1.80 bits per heavy atom. The molecule has 0 saturated carbocycles. The first kappa shape index (κ1) is 12.9. The van der Waals surface area contributed by atoms with Crippen LogP contribution < -0.4 is 29.6 Å². The van der Waals surface area contributed by atoms with Crippen LogP contribution in [0, 0.1) is 0 Å². The molecule has 0 N–H and O–H groups in total.